The molecule has 19 heavy (non-hydrogen) atoms. The van der Waals surface area contributed by atoms with Gasteiger partial charge in [0.15, 0.2) is 5.82 Å². The van der Waals surface area contributed by atoms with E-state index in [1.165, 1.54) is 30.3 Å². The lowest BCUT2D eigenvalue weighted by atomic mass is 10.2. The quantitative estimate of drug-likeness (QED) is 0.732. The number of rotatable bonds is 3. The van der Waals surface area contributed by atoms with Gasteiger partial charge in [-0.15, -0.1) is 0 Å². The lowest BCUT2D eigenvalue weighted by molar-refractivity contribution is 0.613. The standard InChI is InChI=1S/C13H8Cl3F2N/c14-8-1-2-12(17)7(3-8)6-19-9-4-10(15)13(18)11(16)5-9/h1-5,19H,6H2. The van der Waals surface area contributed by atoms with E-state index in [1.807, 2.05) is 0 Å². The van der Waals surface area contributed by atoms with Crippen LogP contribution in [0, 0.1) is 11.6 Å². The van der Waals surface area contributed by atoms with E-state index in [4.69, 9.17) is 34.8 Å². The average molecular weight is 323 g/mol. The van der Waals surface area contributed by atoms with Gasteiger partial charge in [0.05, 0.1) is 10.0 Å². The van der Waals surface area contributed by atoms with E-state index in [0.29, 0.717) is 16.3 Å². The molecule has 0 radical (unpaired) electrons. The van der Waals surface area contributed by atoms with Gasteiger partial charge in [0.2, 0.25) is 0 Å². The Morgan fingerprint density at radius 3 is 2.21 bits per heavy atom. The van der Waals surface area contributed by atoms with Gasteiger partial charge in [-0.3, -0.25) is 0 Å². The third-order valence-corrected chi connectivity index (χ3v) is 3.26. The van der Waals surface area contributed by atoms with Crippen LogP contribution in [0.15, 0.2) is 30.3 Å². The molecule has 100 valence electrons. The number of anilines is 1. The van der Waals surface area contributed by atoms with Crippen LogP contribution in [0.1, 0.15) is 5.56 Å². The molecule has 1 nitrogen and oxygen atoms in total. The zero-order chi connectivity index (χ0) is 14.0. The van der Waals surface area contributed by atoms with Crippen LogP contribution in [0.3, 0.4) is 0 Å². The van der Waals surface area contributed by atoms with Gasteiger partial charge in [-0.05, 0) is 30.3 Å². The third-order valence-electron chi connectivity index (χ3n) is 2.47. The SMILES string of the molecule is Fc1ccc(Cl)cc1CNc1cc(Cl)c(F)c(Cl)c1. The first kappa shape index (κ1) is 14.4. The Hall–Kier alpha value is -1.03. The summed E-state index contributed by atoms with van der Waals surface area (Å²) in [5, 5.41) is 3.15. The summed E-state index contributed by atoms with van der Waals surface area (Å²) in [5.41, 5.74) is 0.889. The molecule has 0 bridgehead atoms. The second-order valence-electron chi connectivity index (χ2n) is 3.84. The first-order valence-electron chi connectivity index (χ1n) is 5.29. The smallest absolute Gasteiger partial charge is 0.160 e. The minimum absolute atomic E-state index is 0.0958. The molecule has 0 aliphatic rings. The predicted molar refractivity (Wildman–Crippen MR) is 75.2 cm³/mol. The summed E-state index contributed by atoms with van der Waals surface area (Å²) in [6, 6.07) is 7.02. The average Bonchev–Trinajstić information content (AvgIpc) is 2.37. The van der Waals surface area contributed by atoms with Crippen molar-refractivity contribution >= 4 is 40.5 Å². The summed E-state index contributed by atoms with van der Waals surface area (Å²) < 4.78 is 26.7. The van der Waals surface area contributed by atoms with Crippen LogP contribution in [-0.2, 0) is 6.54 Å². The zero-order valence-electron chi connectivity index (χ0n) is 9.48. The van der Waals surface area contributed by atoms with Gasteiger partial charge >= 0.3 is 0 Å². The molecule has 0 saturated carbocycles. The summed E-state index contributed by atoms with van der Waals surface area (Å²) in [6.07, 6.45) is 0. The van der Waals surface area contributed by atoms with Gasteiger partial charge in [-0.1, -0.05) is 34.8 Å². The molecule has 0 heterocycles. The minimum atomic E-state index is -0.678. The van der Waals surface area contributed by atoms with E-state index >= 15 is 0 Å². The summed E-state index contributed by atoms with van der Waals surface area (Å²) in [7, 11) is 0. The highest BCUT2D eigenvalue weighted by molar-refractivity contribution is 6.35. The van der Waals surface area contributed by atoms with Crippen molar-refractivity contribution in [3.05, 3.63) is 62.6 Å². The maximum atomic E-state index is 13.5. The van der Waals surface area contributed by atoms with Crippen LogP contribution in [0.25, 0.3) is 0 Å². The molecule has 6 heteroatoms. The lowest BCUT2D eigenvalue weighted by Gasteiger charge is -2.09. The zero-order valence-corrected chi connectivity index (χ0v) is 11.8. The van der Waals surface area contributed by atoms with E-state index < -0.39 is 5.82 Å². The van der Waals surface area contributed by atoms with Crippen molar-refractivity contribution < 1.29 is 8.78 Å². The number of nitrogens with one attached hydrogen (secondary N) is 1. The second kappa shape index (κ2) is 5.95. The molecule has 0 aromatic heterocycles. The van der Waals surface area contributed by atoms with Gasteiger partial charge in [0.1, 0.15) is 5.82 Å². The molecule has 0 aliphatic heterocycles. The van der Waals surface area contributed by atoms with Gasteiger partial charge in [0.25, 0.3) is 0 Å². The van der Waals surface area contributed by atoms with Gasteiger partial charge in [0, 0.05) is 22.8 Å². The second-order valence-corrected chi connectivity index (χ2v) is 5.09. The Labute approximate surface area is 124 Å². The first-order valence-corrected chi connectivity index (χ1v) is 6.43. The van der Waals surface area contributed by atoms with Crippen molar-refractivity contribution in [2.24, 2.45) is 0 Å². The largest absolute Gasteiger partial charge is 0.381 e. The highest BCUT2D eigenvalue weighted by atomic mass is 35.5. The van der Waals surface area contributed by atoms with Crippen molar-refractivity contribution in [3.63, 3.8) is 0 Å². The maximum absolute atomic E-state index is 13.5. The van der Waals surface area contributed by atoms with E-state index in [9.17, 15) is 8.78 Å². The Balaban J connectivity index is 2.17. The molecule has 1 N–H and O–H groups in total. The Morgan fingerprint density at radius 2 is 1.58 bits per heavy atom. The number of halogens is 5. The number of hydrogen-bond acceptors (Lipinski definition) is 1. The Bertz CT molecular complexity index is 594. The molecule has 2 aromatic carbocycles. The lowest BCUT2D eigenvalue weighted by Crippen LogP contribution is -2.02. The predicted octanol–water partition coefficient (Wildman–Crippen LogP) is 5.54. The third kappa shape index (κ3) is 3.50. The van der Waals surface area contributed by atoms with Crippen LogP contribution < -0.4 is 5.32 Å². The van der Waals surface area contributed by atoms with Crippen LogP contribution in [0.2, 0.25) is 15.1 Å². The fourth-order valence-corrected chi connectivity index (χ4v) is 2.22. The molecule has 0 amide bonds. The fraction of sp³-hybridized carbons (Fsp3) is 0.0769. The van der Waals surface area contributed by atoms with Crippen molar-refractivity contribution in [3.8, 4) is 0 Å². The molecule has 0 aliphatic carbocycles. The molecule has 0 fully saturated rings. The minimum Gasteiger partial charge on any atom is -0.381 e. The summed E-state index contributed by atoms with van der Waals surface area (Å²) in [5.74, 6) is -1.06. The van der Waals surface area contributed by atoms with Crippen molar-refractivity contribution in [2.45, 2.75) is 6.54 Å². The van der Waals surface area contributed by atoms with E-state index in [1.54, 1.807) is 0 Å². The highest BCUT2D eigenvalue weighted by Crippen LogP contribution is 2.27. The highest BCUT2D eigenvalue weighted by Gasteiger charge is 2.08. The molecular formula is C13H8Cl3F2N. The Morgan fingerprint density at radius 1 is 0.947 bits per heavy atom. The summed E-state index contributed by atoms with van der Waals surface area (Å²) in [6.45, 7) is 0.185. The van der Waals surface area contributed by atoms with Crippen molar-refractivity contribution in [1.29, 1.82) is 0 Å². The monoisotopic (exact) mass is 321 g/mol. The van der Waals surface area contributed by atoms with E-state index in [2.05, 4.69) is 5.32 Å². The van der Waals surface area contributed by atoms with Crippen LogP contribution in [0.4, 0.5) is 14.5 Å². The normalized spacial score (nSPS) is 10.6. The molecule has 0 spiro atoms. The van der Waals surface area contributed by atoms with E-state index in [-0.39, 0.29) is 22.4 Å². The van der Waals surface area contributed by atoms with Crippen molar-refractivity contribution in [2.75, 3.05) is 5.32 Å². The number of benzene rings is 2. The van der Waals surface area contributed by atoms with E-state index in [0.717, 1.165) is 0 Å². The van der Waals surface area contributed by atoms with Crippen LogP contribution >= 0.6 is 34.8 Å². The first-order chi connectivity index (χ1) is 8.97. The molecule has 0 saturated heterocycles. The van der Waals surface area contributed by atoms with Gasteiger partial charge < -0.3 is 5.32 Å². The summed E-state index contributed by atoms with van der Waals surface area (Å²) >= 11 is 17.1. The van der Waals surface area contributed by atoms with Gasteiger partial charge in [-0.2, -0.15) is 0 Å². The molecule has 2 aromatic rings. The molecule has 0 unspecified atom stereocenters. The van der Waals surface area contributed by atoms with Crippen LogP contribution in [0.5, 0.6) is 0 Å². The van der Waals surface area contributed by atoms with Gasteiger partial charge in [-0.25, -0.2) is 8.78 Å². The fourth-order valence-electron chi connectivity index (χ4n) is 1.53. The summed E-state index contributed by atoms with van der Waals surface area (Å²) in [4.78, 5) is 0. The van der Waals surface area contributed by atoms with Crippen molar-refractivity contribution in [1.82, 2.24) is 0 Å². The Kier molecular flexibility index (Phi) is 4.50. The maximum Gasteiger partial charge on any atom is 0.160 e. The topological polar surface area (TPSA) is 12.0 Å². The molecule has 2 rings (SSSR count). The molecular weight excluding hydrogens is 315 g/mol. The molecule has 0 atom stereocenters. The number of hydrogen-bond donors (Lipinski definition) is 1. The van der Waals surface area contributed by atoms with Crippen LogP contribution in [-0.4, -0.2) is 0 Å².